The molecule has 0 aromatic heterocycles. The highest BCUT2D eigenvalue weighted by molar-refractivity contribution is 6.50. The van der Waals surface area contributed by atoms with Crippen molar-refractivity contribution in [1.82, 2.24) is 0 Å². The second-order valence-electron chi connectivity index (χ2n) is 5.13. The van der Waals surface area contributed by atoms with Crippen molar-refractivity contribution in [3.8, 4) is 11.5 Å². The van der Waals surface area contributed by atoms with E-state index in [1.807, 2.05) is 0 Å². The summed E-state index contributed by atoms with van der Waals surface area (Å²) in [5.74, 6) is -2.30. The van der Waals surface area contributed by atoms with Crippen molar-refractivity contribution in [2.75, 3.05) is 5.32 Å². The number of fused-ring (bicyclic) bond motifs is 1. The first kappa shape index (κ1) is 16.5. The first-order chi connectivity index (χ1) is 11.8. The van der Waals surface area contributed by atoms with Gasteiger partial charge in [0.25, 0.3) is 0 Å². The van der Waals surface area contributed by atoms with Gasteiger partial charge in [-0.05, 0) is 24.3 Å². The van der Waals surface area contributed by atoms with Crippen LogP contribution in [0.5, 0.6) is 11.5 Å². The molecule has 9 heteroatoms. The van der Waals surface area contributed by atoms with E-state index in [0.29, 0.717) is 0 Å². The van der Waals surface area contributed by atoms with E-state index in [1.165, 1.54) is 24.3 Å². The third kappa shape index (κ3) is 2.68. The van der Waals surface area contributed by atoms with Crippen molar-refractivity contribution in [1.29, 1.82) is 0 Å². The molecule has 0 spiro atoms. The zero-order valence-corrected chi connectivity index (χ0v) is 13.1. The number of rotatable bonds is 3. The van der Waals surface area contributed by atoms with Crippen LogP contribution in [0, 0.1) is 10.1 Å². The fourth-order valence-corrected chi connectivity index (χ4v) is 2.66. The third-order valence-corrected chi connectivity index (χ3v) is 3.96. The van der Waals surface area contributed by atoms with E-state index >= 15 is 0 Å². The number of benzene rings is 2. The zero-order valence-electron chi connectivity index (χ0n) is 12.3. The number of aromatic hydroxyl groups is 2. The number of halogens is 1. The first-order valence-corrected chi connectivity index (χ1v) is 7.24. The lowest BCUT2D eigenvalue weighted by molar-refractivity contribution is -0.385. The molecule has 0 fully saturated rings. The second kappa shape index (κ2) is 5.91. The fourth-order valence-electron chi connectivity index (χ4n) is 2.43. The van der Waals surface area contributed by atoms with Crippen LogP contribution in [-0.4, -0.2) is 26.7 Å². The average Bonchev–Trinajstić information content (AvgIpc) is 2.57. The number of phenols is 2. The third-order valence-electron chi connectivity index (χ3n) is 3.60. The maximum Gasteiger partial charge on any atom is 0.312 e. The van der Waals surface area contributed by atoms with Crippen LogP contribution in [0.2, 0.25) is 0 Å². The Kier molecular flexibility index (Phi) is 3.90. The van der Waals surface area contributed by atoms with Gasteiger partial charge in [0, 0.05) is 17.3 Å². The molecule has 0 unspecified atom stereocenters. The quantitative estimate of drug-likeness (QED) is 0.435. The first-order valence-electron chi connectivity index (χ1n) is 6.87. The highest BCUT2D eigenvalue weighted by atomic mass is 35.5. The van der Waals surface area contributed by atoms with Crippen molar-refractivity contribution >= 4 is 34.5 Å². The summed E-state index contributed by atoms with van der Waals surface area (Å²) < 4.78 is 0. The molecule has 0 saturated carbocycles. The smallest absolute Gasteiger partial charge is 0.312 e. The van der Waals surface area contributed by atoms with E-state index in [-0.39, 0.29) is 28.3 Å². The lowest BCUT2D eigenvalue weighted by atomic mass is 9.91. The lowest BCUT2D eigenvalue weighted by Gasteiger charge is -2.19. The summed E-state index contributed by atoms with van der Waals surface area (Å²) in [6.07, 6.45) is 0. The van der Waals surface area contributed by atoms with Gasteiger partial charge in [-0.25, -0.2) is 0 Å². The van der Waals surface area contributed by atoms with Gasteiger partial charge in [-0.1, -0.05) is 17.7 Å². The standard InChI is InChI=1S/C16H9ClN2O6/c17-13-14(18-7-4-5-10(20)9(6-7)19(24)25)15(22)8-2-1-3-11(21)12(8)16(13)23/h1-6,18,20-21H. The monoisotopic (exact) mass is 360 g/mol. The maximum absolute atomic E-state index is 12.6. The predicted molar refractivity (Wildman–Crippen MR) is 88.0 cm³/mol. The Morgan fingerprint density at radius 3 is 2.44 bits per heavy atom. The number of carbonyl (C=O) groups excluding carboxylic acids is 2. The molecule has 1 aliphatic carbocycles. The van der Waals surface area contributed by atoms with Crippen molar-refractivity contribution in [2.24, 2.45) is 0 Å². The van der Waals surface area contributed by atoms with Gasteiger partial charge in [-0.2, -0.15) is 0 Å². The van der Waals surface area contributed by atoms with E-state index in [9.17, 15) is 29.9 Å². The summed E-state index contributed by atoms with van der Waals surface area (Å²) in [6.45, 7) is 0. The molecule has 1 aliphatic rings. The summed E-state index contributed by atoms with van der Waals surface area (Å²) in [7, 11) is 0. The van der Waals surface area contributed by atoms with E-state index in [0.717, 1.165) is 12.1 Å². The van der Waals surface area contributed by atoms with E-state index in [1.54, 1.807) is 0 Å². The van der Waals surface area contributed by atoms with Crippen LogP contribution in [0.4, 0.5) is 11.4 Å². The molecule has 2 aromatic carbocycles. The Bertz CT molecular complexity index is 983. The summed E-state index contributed by atoms with van der Waals surface area (Å²) in [5, 5.41) is 32.3. The Morgan fingerprint density at radius 1 is 1.04 bits per heavy atom. The highest BCUT2D eigenvalue weighted by Gasteiger charge is 2.33. The van der Waals surface area contributed by atoms with Gasteiger partial charge in [0.2, 0.25) is 11.6 Å². The highest BCUT2D eigenvalue weighted by Crippen LogP contribution is 2.35. The molecular formula is C16H9ClN2O6. The molecule has 0 radical (unpaired) electrons. The average molecular weight is 361 g/mol. The number of nitro benzene ring substituents is 1. The number of ketones is 2. The summed E-state index contributed by atoms with van der Waals surface area (Å²) in [5.41, 5.74) is -0.994. The molecule has 126 valence electrons. The fraction of sp³-hybridized carbons (Fsp3) is 0. The Hall–Kier alpha value is -3.39. The molecule has 8 nitrogen and oxygen atoms in total. The van der Waals surface area contributed by atoms with Gasteiger partial charge < -0.3 is 15.5 Å². The number of nitro groups is 1. The minimum atomic E-state index is -0.794. The SMILES string of the molecule is O=C1C(Nc2ccc(O)c([N+](=O)[O-])c2)=C(Cl)C(=O)c2c(O)cccc21. The van der Waals surface area contributed by atoms with Gasteiger partial charge in [0.05, 0.1) is 10.5 Å². The summed E-state index contributed by atoms with van der Waals surface area (Å²) in [6, 6.07) is 7.39. The maximum atomic E-state index is 12.6. The van der Waals surface area contributed by atoms with Crippen LogP contribution >= 0.6 is 11.6 Å². The second-order valence-corrected chi connectivity index (χ2v) is 5.51. The number of hydrogen-bond donors (Lipinski definition) is 3. The summed E-state index contributed by atoms with van der Waals surface area (Å²) >= 11 is 5.96. The van der Waals surface area contributed by atoms with Crippen molar-refractivity contribution < 1.29 is 24.7 Å². The van der Waals surface area contributed by atoms with Crippen LogP contribution in [0.3, 0.4) is 0 Å². The van der Waals surface area contributed by atoms with Crippen molar-refractivity contribution in [3.63, 3.8) is 0 Å². The van der Waals surface area contributed by atoms with E-state index < -0.39 is 33.0 Å². The van der Waals surface area contributed by atoms with Crippen molar-refractivity contribution in [3.05, 3.63) is 68.4 Å². The van der Waals surface area contributed by atoms with Gasteiger partial charge >= 0.3 is 5.69 Å². The number of nitrogens with zero attached hydrogens (tertiary/aromatic N) is 1. The molecule has 0 aliphatic heterocycles. The molecule has 0 amide bonds. The van der Waals surface area contributed by atoms with Gasteiger partial charge in [0.15, 0.2) is 5.75 Å². The molecule has 25 heavy (non-hydrogen) atoms. The minimum Gasteiger partial charge on any atom is -0.507 e. The van der Waals surface area contributed by atoms with Crippen LogP contribution in [0.1, 0.15) is 20.7 Å². The molecule has 0 heterocycles. The van der Waals surface area contributed by atoms with Crippen LogP contribution in [0.25, 0.3) is 0 Å². The molecule has 2 aromatic rings. The molecule has 0 saturated heterocycles. The van der Waals surface area contributed by atoms with Crippen molar-refractivity contribution in [2.45, 2.75) is 0 Å². The Morgan fingerprint density at radius 2 is 1.76 bits per heavy atom. The predicted octanol–water partition coefficient (Wildman–Crippen LogP) is 2.95. The Balaban J connectivity index is 2.06. The molecule has 0 atom stereocenters. The van der Waals surface area contributed by atoms with Gasteiger partial charge in [0.1, 0.15) is 16.5 Å². The molecule has 0 bridgehead atoms. The van der Waals surface area contributed by atoms with Crippen LogP contribution in [0.15, 0.2) is 47.1 Å². The number of nitrogens with one attached hydrogen (secondary N) is 1. The number of carbonyl (C=O) groups is 2. The zero-order chi connectivity index (χ0) is 18.3. The molecular weight excluding hydrogens is 352 g/mol. The molecule has 3 N–H and O–H groups in total. The van der Waals surface area contributed by atoms with Crippen LogP contribution < -0.4 is 5.32 Å². The number of Topliss-reactive ketones (excluding diaryl/α,β-unsaturated/α-hetero) is 2. The largest absolute Gasteiger partial charge is 0.507 e. The normalized spacial score (nSPS) is 13.6. The van der Waals surface area contributed by atoms with Gasteiger partial charge in [-0.3, -0.25) is 19.7 Å². The summed E-state index contributed by atoms with van der Waals surface area (Å²) in [4.78, 5) is 35.0. The number of anilines is 1. The number of allylic oxidation sites excluding steroid dienone is 2. The number of phenolic OH excluding ortho intramolecular Hbond substituents is 2. The lowest BCUT2D eigenvalue weighted by Crippen LogP contribution is -2.24. The number of hydrogen-bond acceptors (Lipinski definition) is 7. The van der Waals surface area contributed by atoms with E-state index in [2.05, 4.69) is 5.32 Å². The van der Waals surface area contributed by atoms with Gasteiger partial charge in [-0.15, -0.1) is 0 Å². The molecule has 3 rings (SSSR count). The van der Waals surface area contributed by atoms with E-state index in [4.69, 9.17) is 11.6 Å². The topological polar surface area (TPSA) is 130 Å². The van der Waals surface area contributed by atoms with Crippen LogP contribution in [-0.2, 0) is 0 Å². The Labute approximate surface area is 145 Å². The minimum absolute atomic E-state index is 0.0369.